The molecule has 0 amide bonds. The predicted molar refractivity (Wildman–Crippen MR) is 207 cm³/mol. The fraction of sp³-hybridized carbons (Fsp3) is 0.300. The average molecular weight is 777 g/mol. The van der Waals surface area contributed by atoms with Gasteiger partial charge in [-0.2, -0.15) is 0 Å². The Morgan fingerprint density at radius 2 is 0.500 bits per heavy atom. The van der Waals surface area contributed by atoms with E-state index < -0.39 is 0 Å². The quantitative estimate of drug-likeness (QED) is 0.113. The van der Waals surface area contributed by atoms with Crippen LogP contribution in [0.4, 0.5) is 0 Å². The number of benzene rings is 4. The van der Waals surface area contributed by atoms with E-state index in [1.807, 2.05) is 55.4 Å². The van der Waals surface area contributed by atoms with Crippen molar-refractivity contribution < 1.29 is 38.1 Å². The Morgan fingerprint density at radius 3 is 0.615 bits per heavy atom. The maximum Gasteiger partial charge on any atom is 0.150 e. The number of ether oxygens (including phenoxy) is 4. The number of carbonyl (C=O) groups is 4. The summed E-state index contributed by atoms with van der Waals surface area (Å²) in [5.74, 6) is 2.11. The minimum Gasteiger partial charge on any atom is -0.489 e. The van der Waals surface area contributed by atoms with Crippen LogP contribution in [0.1, 0.15) is 96.8 Å². The van der Waals surface area contributed by atoms with Crippen LogP contribution in [0.2, 0.25) is 0 Å². The molecule has 0 spiro atoms. The Hall–Kier alpha value is -3.84. The largest absolute Gasteiger partial charge is 0.489 e. The van der Waals surface area contributed by atoms with E-state index in [9.17, 15) is 19.2 Å². The summed E-state index contributed by atoms with van der Waals surface area (Å²) >= 11 is 5.28. The molecular formula is C40H40O8S4. The van der Waals surface area contributed by atoms with Crippen LogP contribution in [0.3, 0.4) is 0 Å². The van der Waals surface area contributed by atoms with Gasteiger partial charge >= 0.3 is 0 Å². The molecule has 0 fully saturated rings. The van der Waals surface area contributed by atoms with Gasteiger partial charge in [-0.25, -0.2) is 0 Å². The molecule has 8 bridgehead atoms. The van der Waals surface area contributed by atoms with E-state index >= 15 is 0 Å². The van der Waals surface area contributed by atoms with Crippen molar-refractivity contribution in [2.45, 2.75) is 119 Å². The maximum atomic E-state index is 12.4. The molecule has 1 aliphatic heterocycles. The van der Waals surface area contributed by atoms with E-state index in [-0.39, 0.29) is 24.4 Å². The Labute approximate surface area is 321 Å². The maximum absolute atomic E-state index is 12.4. The van der Waals surface area contributed by atoms with Crippen molar-refractivity contribution in [2.75, 3.05) is 0 Å². The Bertz CT molecular complexity index is 1630. The predicted octanol–water partition coefficient (Wildman–Crippen LogP) is 11.0. The molecule has 0 radical (unpaired) electrons. The van der Waals surface area contributed by atoms with Crippen molar-refractivity contribution in [3.05, 3.63) is 70.8 Å². The highest BCUT2D eigenvalue weighted by atomic mass is 32.2. The van der Waals surface area contributed by atoms with Crippen LogP contribution in [-0.2, 0) is 0 Å². The second-order valence-corrected chi connectivity index (χ2v) is 17.3. The first-order valence-electron chi connectivity index (χ1n) is 16.7. The molecule has 0 unspecified atom stereocenters. The van der Waals surface area contributed by atoms with Crippen molar-refractivity contribution in [2.24, 2.45) is 0 Å². The number of carbonyl (C=O) groups excluding carboxylic acids is 4. The van der Waals surface area contributed by atoms with Gasteiger partial charge in [-0.3, -0.25) is 19.2 Å². The summed E-state index contributed by atoms with van der Waals surface area (Å²) in [4.78, 5) is 54.7. The Kier molecular flexibility index (Phi) is 13.1. The zero-order chi connectivity index (χ0) is 37.7. The summed E-state index contributed by atoms with van der Waals surface area (Å²) in [5, 5.41) is 0. The van der Waals surface area contributed by atoms with Crippen LogP contribution in [0.5, 0.6) is 23.0 Å². The molecule has 1 aliphatic rings. The molecule has 4 aromatic carbocycles. The Morgan fingerprint density at radius 1 is 0.346 bits per heavy atom. The first-order valence-corrected chi connectivity index (χ1v) is 20.0. The number of rotatable bonds is 12. The smallest absolute Gasteiger partial charge is 0.150 e. The van der Waals surface area contributed by atoms with Crippen LogP contribution in [-0.4, -0.2) is 49.6 Å². The molecule has 1 heterocycles. The highest BCUT2D eigenvalue weighted by molar-refractivity contribution is 8.01. The summed E-state index contributed by atoms with van der Waals surface area (Å²) in [7, 11) is 0. The third kappa shape index (κ3) is 9.38. The molecule has 12 heteroatoms. The zero-order valence-corrected chi connectivity index (χ0v) is 33.4. The summed E-state index contributed by atoms with van der Waals surface area (Å²) in [6, 6.07) is 14.0. The average Bonchev–Trinajstić information content (AvgIpc) is 3.08. The summed E-state index contributed by atoms with van der Waals surface area (Å²) in [6.07, 6.45) is 2.18. The molecule has 0 saturated carbocycles. The fourth-order valence-corrected chi connectivity index (χ4v) is 9.92. The minimum absolute atomic E-state index is 0.236. The van der Waals surface area contributed by atoms with Crippen LogP contribution < -0.4 is 18.9 Å². The van der Waals surface area contributed by atoms with E-state index in [0.717, 1.165) is 25.1 Å². The molecular weight excluding hydrogens is 737 g/mol. The lowest BCUT2D eigenvalue weighted by molar-refractivity contribution is 0.111. The molecule has 0 saturated heterocycles. The van der Waals surface area contributed by atoms with Gasteiger partial charge in [0.25, 0.3) is 0 Å². The van der Waals surface area contributed by atoms with E-state index in [4.69, 9.17) is 18.9 Å². The highest BCUT2D eigenvalue weighted by Crippen LogP contribution is 2.54. The molecule has 8 nitrogen and oxygen atoms in total. The molecule has 0 atom stereocenters. The third-order valence-corrected chi connectivity index (χ3v) is 11.2. The van der Waals surface area contributed by atoms with Crippen LogP contribution in [0.25, 0.3) is 0 Å². The molecule has 5 rings (SSSR count). The standard InChI is InChI=1S/C40H40O8S4/c1-21(2)45-37-29-9-25(17-41)10-30(37)50-32-12-27(19-43)14-34(39(32)47-23(5)6)52-36-16-28(20-44)15-35(40(36)48-24(7)8)51-33-13-26(18-42)11-31(49-29)38(33)46-22(3)4/h9-24H,1-8H3. The number of hydrogen-bond donors (Lipinski definition) is 0. The van der Waals surface area contributed by atoms with E-state index in [1.54, 1.807) is 48.5 Å². The number of aldehydes is 4. The molecule has 0 N–H and O–H groups in total. The number of fused-ring (bicyclic) bond motifs is 8. The van der Waals surface area contributed by atoms with E-state index in [1.165, 1.54) is 47.0 Å². The SMILES string of the molecule is CC(C)Oc1c2cc(C=O)cc1Sc1cc(C=O)cc(c1OC(C)C)Sc1cc(C=O)cc(c1OC(C)C)Sc1cc(C=O)cc(c1OC(C)C)S2. The van der Waals surface area contributed by atoms with Crippen LogP contribution in [0.15, 0.2) is 87.7 Å². The van der Waals surface area contributed by atoms with Crippen molar-refractivity contribution in [3.8, 4) is 23.0 Å². The van der Waals surface area contributed by atoms with Gasteiger partial charge in [0.05, 0.1) is 63.6 Å². The van der Waals surface area contributed by atoms with Crippen molar-refractivity contribution in [3.63, 3.8) is 0 Å². The van der Waals surface area contributed by atoms with Crippen LogP contribution >= 0.6 is 47.0 Å². The summed E-state index contributed by atoms with van der Waals surface area (Å²) < 4.78 is 26.0. The molecule has 0 aliphatic carbocycles. The van der Waals surface area contributed by atoms with E-state index in [2.05, 4.69) is 0 Å². The highest BCUT2D eigenvalue weighted by Gasteiger charge is 2.27. The summed E-state index contributed by atoms with van der Waals surface area (Å²) in [5.41, 5.74) is 1.64. The lowest BCUT2D eigenvalue weighted by atomic mass is 10.2. The second kappa shape index (κ2) is 17.3. The second-order valence-electron chi connectivity index (χ2n) is 12.9. The van der Waals surface area contributed by atoms with Gasteiger partial charge in [-0.1, -0.05) is 47.0 Å². The Balaban J connectivity index is 1.95. The van der Waals surface area contributed by atoms with Gasteiger partial charge in [0.2, 0.25) is 0 Å². The van der Waals surface area contributed by atoms with Crippen molar-refractivity contribution in [1.29, 1.82) is 0 Å². The molecule has 0 aromatic heterocycles. The van der Waals surface area contributed by atoms with Gasteiger partial charge in [0, 0.05) is 22.3 Å². The fourth-order valence-electron chi connectivity index (χ4n) is 5.15. The first kappa shape index (κ1) is 39.4. The van der Waals surface area contributed by atoms with Gasteiger partial charge in [0.15, 0.2) is 0 Å². The van der Waals surface area contributed by atoms with Crippen molar-refractivity contribution in [1.82, 2.24) is 0 Å². The van der Waals surface area contributed by atoms with Gasteiger partial charge in [-0.05, 0) is 104 Å². The zero-order valence-electron chi connectivity index (χ0n) is 30.1. The lowest BCUT2D eigenvalue weighted by Crippen LogP contribution is -2.10. The van der Waals surface area contributed by atoms with E-state index in [0.29, 0.717) is 84.4 Å². The third-order valence-electron chi connectivity index (χ3n) is 7.01. The van der Waals surface area contributed by atoms with Crippen molar-refractivity contribution >= 4 is 72.2 Å². The van der Waals surface area contributed by atoms with Gasteiger partial charge in [-0.15, -0.1) is 0 Å². The first-order chi connectivity index (χ1) is 24.8. The molecule has 272 valence electrons. The monoisotopic (exact) mass is 776 g/mol. The van der Waals surface area contributed by atoms with Gasteiger partial charge in [0.1, 0.15) is 48.1 Å². The molecule has 52 heavy (non-hydrogen) atoms. The minimum atomic E-state index is -0.236. The normalized spacial score (nSPS) is 12.5. The van der Waals surface area contributed by atoms with Gasteiger partial charge < -0.3 is 18.9 Å². The summed E-state index contributed by atoms with van der Waals surface area (Å²) in [6.45, 7) is 15.4. The number of hydrogen-bond acceptors (Lipinski definition) is 12. The molecule has 4 aromatic rings. The topological polar surface area (TPSA) is 105 Å². The lowest BCUT2D eigenvalue weighted by Gasteiger charge is -2.24. The van der Waals surface area contributed by atoms with Crippen LogP contribution in [0, 0.1) is 0 Å².